The maximum atomic E-state index is 13.3. The number of likely N-dealkylation sites (tertiary alicyclic amines) is 1. The zero-order chi connectivity index (χ0) is 18.0. The number of halogens is 3. The largest absolute Gasteiger partial charge is 0.481 e. The average Bonchev–Trinajstić information content (AvgIpc) is 2.99. The predicted molar refractivity (Wildman–Crippen MR) is 87.0 cm³/mol. The highest BCUT2D eigenvalue weighted by molar-refractivity contribution is 5.72. The standard InChI is InChI=1S/C19H18F3NO2/c20-19(21,22)17-9-5-4-8-14(17)15-11-23(12-16(15)18(24)25)10-13-6-2-1-3-7-13/h1-9,15-16H,10-12H2,(H,24,25). The first-order valence-corrected chi connectivity index (χ1v) is 8.01. The molecule has 2 unspecified atom stereocenters. The summed E-state index contributed by atoms with van der Waals surface area (Å²) in [5.41, 5.74) is 0.335. The maximum absolute atomic E-state index is 13.3. The number of carboxylic acid groups (broad SMARTS) is 1. The van der Waals surface area contributed by atoms with Crippen LogP contribution in [0.1, 0.15) is 22.6 Å². The van der Waals surface area contributed by atoms with Gasteiger partial charge in [-0.1, -0.05) is 48.5 Å². The van der Waals surface area contributed by atoms with Crippen molar-refractivity contribution in [3.05, 3.63) is 71.3 Å². The Balaban J connectivity index is 1.89. The minimum atomic E-state index is -4.49. The Bertz CT molecular complexity index is 746. The molecule has 1 aliphatic heterocycles. The van der Waals surface area contributed by atoms with E-state index in [9.17, 15) is 23.1 Å². The lowest BCUT2D eigenvalue weighted by molar-refractivity contribution is -0.143. The Kier molecular flexibility index (Phi) is 4.81. The molecule has 0 radical (unpaired) electrons. The summed E-state index contributed by atoms with van der Waals surface area (Å²) >= 11 is 0. The molecule has 132 valence electrons. The molecule has 2 aromatic carbocycles. The first-order valence-electron chi connectivity index (χ1n) is 8.01. The molecular formula is C19H18F3NO2. The Morgan fingerprint density at radius 3 is 2.32 bits per heavy atom. The van der Waals surface area contributed by atoms with E-state index in [0.29, 0.717) is 13.1 Å². The molecule has 0 bridgehead atoms. The van der Waals surface area contributed by atoms with E-state index in [2.05, 4.69) is 0 Å². The monoisotopic (exact) mass is 349 g/mol. The minimum Gasteiger partial charge on any atom is -0.481 e. The van der Waals surface area contributed by atoms with E-state index in [0.717, 1.165) is 11.6 Å². The molecule has 1 heterocycles. The SMILES string of the molecule is O=C(O)C1CN(Cc2ccccc2)CC1c1ccccc1C(F)(F)F. The van der Waals surface area contributed by atoms with Crippen LogP contribution >= 0.6 is 0 Å². The number of carboxylic acids is 1. The van der Waals surface area contributed by atoms with Crippen LogP contribution in [0.2, 0.25) is 0 Å². The molecule has 3 nitrogen and oxygen atoms in total. The summed E-state index contributed by atoms with van der Waals surface area (Å²) in [6.45, 7) is 1.05. The number of benzene rings is 2. The van der Waals surface area contributed by atoms with Gasteiger partial charge >= 0.3 is 12.1 Å². The number of rotatable bonds is 4. The molecule has 3 rings (SSSR count). The lowest BCUT2D eigenvalue weighted by Crippen LogP contribution is -2.23. The van der Waals surface area contributed by atoms with E-state index in [1.54, 1.807) is 0 Å². The van der Waals surface area contributed by atoms with Crippen molar-refractivity contribution in [2.24, 2.45) is 5.92 Å². The molecule has 0 amide bonds. The van der Waals surface area contributed by atoms with E-state index >= 15 is 0 Å². The third-order valence-corrected chi connectivity index (χ3v) is 4.63. The molecule has 0 aromatic heterocycles. The maximum Gasteiger partial charge on any atom is 0.416 e. The number of aliphatic carboxylic acids is 1. The summed E-state index contributed by atoms with van der Waals surface area (Å²) in [5, 5.41) is 9.51. The van der Waals surface area contributed by atoms with Gasteiger partial charge in [-0.05, 0) is 17.2 Å². The first-order chi connectivity index (χ1) is 11.9. The summed E-state index contributed by atoms with van der Waals surface area (Å²) in [7, 11) is 0. The highest BCUT2D eigenvalue weighted by Crippen LogP contribution is 2.41. The Morgan fingerprint density at radius 2 is 1.68 bits per heavy atom. The lowest BCUT2D eigenvalue weighted by atomic mass is 9.86. The van der Waals surface area contributed by atoms with Crippen LogP contribution in [-0.2, 0) is 17.5 Å². The van der Waals surface area contributed by atoms with Gasteiger partial charge in [0, 0.05) is 25.6 Å². The molecule has 6 heteroatoms. The molecule has 1 saturated heterocycles. The van der Waals surface area contributed by atoms with Crippen LogP contribution in [0.4, 0.5) is 13.2 Å². The van der Waals surface area contributed by atoms with E-state index in [4.69, 9.17) is 0 Å². The zero-order valence-electron chi connectivity index (χ0n) is 13.4. The van der Waals surface area contributed by atoms with Crippen LogP contribution in [0.5, 0.6) is 0 Å². The van der Waals surface area contributed by atoms with Crippen LogP contribution in [0, 0.1) is 5.92 Å². The Labute approximate surface area is 143 Å². The van der Waals surface area contributed by atoms with Crippen LogP contribution < -0.4 is 0 Å². The zero-order valence-corrected chi connectivity index (χ0v) is 13.4. The van der Waals surface area contributed by atoms with E-state index in [1.807, 2.05) is 35.2 Å². The van der Waals surface area contributed by atoms with Crippen molar-refractivity contribution >= 4 is 5.97 Å². The normalized spacial score (nSPS) is 21.4. The number of hydrogen-bond acceptors (Lipinski definition) is 2. The van der Waals surface area contributed by atoms with Gasteiger partial charge in [0.05, 0.1) is 11.5 Å². The number of alkyl halides is 3. The minimum absolute atomic E-state index is 0.0676. The molecule has 1 fully saturated rings. The summed E-state index contributed by atoms with van der Waals surface area (Å²) in [5.74, 6) is -2.59. The Morgan fingerprint density at radius 1 is 1.04 bits per heavy atom. The van der Waals surface area contributed by atoms with Crippen molar-refractivity contribution in [2.75, 3.05) is 13.1 Å². The van der Waals surface area contributed by atoms with E-state index < -0.39 is 29.5 Å². The molecular weight excluding hydrogens is 331 g/mol. The van der Waals surface area contributed by atoms with Crippen molar-refractivity contribution in [2.45, 2.75) is 18.6 Å². The topological polar surface area (TPSA) is 40.5 Å². The van der Waals surface area contributed by atoms with Gasteiger partial charge in [0.1, 0.15) is 0 Å². The van der Waals surface area contributed by atoms with Crippen molar-refractivity contribution in [3.8, 4) is 0 Å². The van der Waals surface area contributed by atoms with Crippen LogP contribution in [-0.4, -0.2) is 29.1 Å². The van der Waals surface area contributed by atoms with Crippen molar-refractivity contribution in [1.82, 2.24) is 4.90 Å². The molecule has 1 aliphatic rings. The fourth-order valence-electron chi connectivity index (χ4n) is 3.50. The highest BCUT2D eigenvalue weighted by atomic mass is 19.4. The fourth-order valence-corrected chi connectivity index (χ4v) is 3.50. The molecule has 0 spiro atoms. The van der Waals surface area contributed by atoms with Gasteiger partial charge in [0.15, 0.2) is 0 Å². The molecule has 2 aromatic rings. The second-order valence-corrected chi connectivity index (χ2v) is 6.32. The number of nitrogens with zero attached hydrogens (tertiary/aromatic N) is 1. The van der Waals surface area contributed by atoms with E-state index in [-0.39, 0.29) is 12.1 Å². The van der Waals surface area contributed by atoms with Crippen molar-refractivity contribution < 1.29 is 23.1 Å². The fraction of sp³-hybridized carbons (Fsp3) is 0.316. The quantitative estimate of drug-likeness (QED) is 0.907. The van der Waals surface area contributed by atoms with Gasteiger partial charge in [-0.2, -0.15) is 13.2 Å². The van der Waals surface area contributed by atoms with Crippen LogP contribution in [0.3, 0.4) is 0 Å². The third kappa shape index (κ3) is 3.85. The molecule has 0 aliphatic carbocycles. The second-order valence-electron chi connectivity index (χ2n) is 6.32. The van der Waals surface area contributed by atoms with Crippen molar-refractivity contribution in [3.63, 3.8) is 0 Å². The van der Waals surface area contributed by atoms with Gasteiger partial charge in [0.2, 0.25) is 0 Å². The summed E-state index contributed by atoms with van der Waals surface area (Å²) < 4.78 is 39.9. The molecule has 25 heavy (non-hydrogen) atoms. The predicted octanol–water partition coefficient (Wildman–Crippen LogP) is 4.01. The van der Waals surface area contributed by atoms with Gasteiger partial charge in [-0.25, -0.2) is 0 Å². The smallest absolute Gasteiger partial charge is 0.416 e. The molecule has 1 N–H and O–H groups in total. The van der Waals surface area contributed by atoms with Gasteiger partial charge in [-0.3, -0.25) is 9.69 Å². The number of carbonyl (C=O) groups is 1. The van der Waals surface area contributed by atoms with Crippen LogP contribution in [0.15, 0.2) is 54.6 Å². The van der Waals surface area contributed by atoms with E-state index in [1.165, 1.54) is 18.2 Å². The first kappa shape index (κ1) is 17.5. The Hall–Kier alpha value is -2.34. The summed E-state index contributed by atoms with van der Waals surface area (Å²) in [6, 6.07) is 14.8. The number of hydrogen-bond donors (Lipinski definition) is 1. The van der Waals surface area contributed by atoms with Crippen LogP contribution in [0.25, 0.3) is 0 Å². The highest BCUT2D eigenvalue weighted by Gasteiger charge is 2.43. The van der Waals surface area contributed by atoms with Gasteiger partial charge in [-0.15, -0.1) is 0 Å². The van der Waals surface area contributed by atoms with Gasteiger partial charge < -0.3 is 5.11 Å². The van der Waals surface area contributed by atoms with Gasteiger partial charge in [0.25, 0.3) is 0 Å². The summed E-state index contributed by atoms with van der Waals surface area (Å²) in [6.07, 6.45) is -4.49. The average molecular weight is 349 g/mol. The summed E-state index contributed by atoms with van der Waals surface area (Å²) in [4.78, 5) is 13.5. The second kappa shape index (κ2) is 6.88. The molecule has 0 saturated carbocycles. The molecule has 2 atom stereocenters. The van der Waals surface area contributed by atoms with Crippen molar-refractivity contribution in [1.29, 1.82) is 0 Å². The third-order valence-electron chi connectivity index (χ3n) is 4.63. The lowest BCUT2D eigenvalue weighted by Gasteiger charge is -2.20.